The number of aromatic nitrogens is 3. The van der Waals surface area contributed by atoms with E-state index in [1.54, 1.807) is 12.4 Å². The second kappa shape index (κ2) is 8.57. The molecule has 4 rings (SSSR count). The Kier molecular flexibility index (Phi) is 6.01. The average molecular weight is 430 g/mol. The maximum Gasteiger partial charge on any atom is 0.404 e. The molecule has 1 saturated carbocycles. The first-order valence-corrected chi connectivity index (χ1v) is 11.1. The molecular formula is C23H32FN5O2. The van der Waals surface area contributed by atoms with Gasteiger partial charge in [0.15, 0.2) is 0 Å². The lowest BCUT2D eigenvalue weighted by Gasteiger charge is -2.51. The van der Waals surface area contributed by atoms with Crippen LogP contribution in [0.4, 0.5) is 9.18 Å². The molecule has 0 spiro atoms. The van der Waals surface area contributed by atoms with E-state index in [1.807, 2.05) is 16.9 Å². The minimum atomic E-state index is -0.970. The van der Waals surface area contributed by atoms with E-state index in [4.69, 9.17) is 0 Å². The van der Waals surface area contributed by atoms with Crippen LogP contribution in [-0.4, -0.2) is 55.8 Å². The lowest BCUT2D eigenvalue weighted by molar-refractivity contribution is -0.00826. The van der Waals surface area contributed by atoms with Crippen LogP contribution in [0.25, 0.3) is 0 Å². The maximum absolute atomic E-state index is 13.5. The minimum Gasteiger partial charge on any atom is -0.465 e. The molecule has 2 aromatic rings. The van der Waals surface area contributed by atoms with Crippen LogP contribution in [0.2, 0.25) is 0 Å². The van der Waals surface area contributed by atoms with Gasteiger partial charge in [0, 0.05) is 18.1 Å². The van der Waals surface area contributed by atoms with Crippen LogP contribution in [0.15, 0.2) is 36.7 Å². The molecule has 1 saturated heterocycles. The number of hydrogen-bond acceptors (Lipinski definition) is 4. The van der Waals surface area contributed by atoms with Crippen LogP contribution in [0, 0.1) is 11.2 Å². The van der Waals surface area contributed by atoms with Gasteiger partial charge in [-0.05, 0) is 61.3 Å². The van der Waals surface area contributed by atoms with E-state index in [0.29, 0.717) is 0 Å². The second-order valence-corrected chi connectivity index (χ2v) is 9.95. The van der Waals surface area contributed by atoms with E-state index in [0.717, 1.165) is 37.8 Å². The van der Waals surface area contributed by atoms with Crippen molar-refractivity contribution in [3.8, 4) is 0 Å². The summed E-state index contributed by atoms with van der Waals surface area (Å²) in [4.78, 5) is 15.8. The minimum absolute atomic E-state index is 0.0624. The standard InChI is InChI=1S/C23H32FN5O2/c1-23(2,3)21-18(27-22(30)31)5-4-12-28(21)19-13-16(15-6-8-17(24)9-7-15)14-20(19)29-25-10-11-26-29/h6-11,16,18-21,27H,4-5,12-14H2,1-3H3,(H,30,31)/t16?,18-,19?,20?,21?/m1/s1. The highest BCUT2D eigenvalue weighted by Gasteiger charge is 2.48. The van der Waals surface area contributed by atoms with Crippen molar-refractivity contribution in [2.75, 3.05) is 6.54 Å². The summed E-state index contributed by atoms with van der Waals surface area (Å²) in [6, 6.07) is 6.99. The summed E-state index contributed by atoms with van der Waals surface area (Å²) in [6.07, 6.45) is 5.99. The van der Waals surface area contributed by atoms with Gasteiger partial charge < -0.3 is 10.4 Å². The number of nitrogens with zero attached hydrogens (tertiary/aromatic N) is 4. The Balaban J connectivity index is 1.67. The zero-order chi connectivity index (χ0) is 22.2. The second-order valence-electron chi connectivity index (χ2n) is 9.95. The first kappa shape index (κ1) is 21.7. The Hall–Kier alpha value is -2.48. The van der Waals surface area contributed by atoms with Crippen molar-refractivity contribution >= 4 is 6.09 Å². The summed E-state index contributed by atoms with van der Waals surface area (Å²) in [5, 5.41) is 21.1. The van der Waals surface area contributed by atoms with Crippen molar-refractivity contribution < 1.29 is 14.3 Å². The molecule has 2 N–H and O–H groups in total. The van der Waals surface area contributed by atoms with Crippen molar-refractivity contribution in [3.63, 3.8) is 0 Å². The fraction of sp³-hybridized carbons (Fsp3) is 0.609. The lowest BCUT2D eigenvalue weighted by atomic mass is 9.76. The Morgan fingerprint density at radius 3 is 2.39 bits per heavy atom. The van der Waals surface area contributed by atoms with E-state index in [1.165, 1.54) is 12.1 Å². The SMILES string of the molecule is CC(C)(C)C1[C@H](NC(=O)O)CCCN1C1CC(c2ccc(F)cc2)CC1n1nccn1. The number of halogens is 1. The van der Waals surface area contributed by atoms with Crippen LogP contribution in [0.5, 0.6) is 0 Å². The Morgan fingerprint density at radius 1 is 1.13 bits per heavy atom. The number of hydrogen-bond donors (Lipinski definition) is 2. The third-order valence-corrected chi connectivity index (χ3v) is 6.86. The third-order valence-electron chi connectivity index (χ3n) is 6.86. The molecule has 1 aliphatic carbocycles. The predicted octanol–water partition coefficient (Wildman–Crippen LogP) is 4.05. The normalized spacial score (nSPS) is 29.7. The number of carboxylic acid groups (broad SMARTS) is 1. The van der Waals surface area contributed by atoms with Crippen molar-refractivity contribution in [2.45, 2.75) is 76.5 Å². The van der Waals surface area contributed by atoms with E-state index in [9.17, 15) is 14.3 Å². The molecular weight excluding hydrogens is 397 g/mol. The molecule has 2 heterocycles. The van der Waals surface area contributed by atoms with E-state index < -0.39 is 6.09 Å². The predicted molar refractivity (Wildman–Crippen MR) is 115 cm³/mol. The first-order chi connectivity index (χ1) is 14.7. The van der Waals surface area contributed by atoms with Gasteiger partial charge in [-0.3, -0.25) is 4.90 Å². The highest BCUT2D eigenvalue weighted by molar-refractivity contribution is 5.65. The van der Waals surface area contributed by atoms with Crippen molar-refractivity contribution in [3.05, 3.63) is 48.0 Å². The highest BCUT2D eigenvalue weighted by Crippen LogP contribution is 2.46. The number of benzene rings is 1. The molecule has 2 aliphatic rings. The number of nitrogens with one attached hydrogen (secondary N) is 1. The summed E-state index contributed by atoms with van der Waals surface area (Å²) in [5.74, 6) is 0.0463. The largest absolute Gasteiger partial charge is 0.465 e. The van der Waals surface area contributed by atoms with Gasteiger partial charge in [0.1, 0.15) is 5.82 Å². The van der Waals surface area contributed by atoms with Crippen molar-refractivity contribution in [1.29, 1.82) is 0 Å². The fourth-order valence-corrected chi connectivity index (χ4v) is 5.81. The van der Waals surface area contributed by atoms with Gasteiger partial charge in [0.05, 0.1) is 18.4 Å². The zero-order valence-corrected chi connectivity index (χ0v) is 18.4. The van der Waals surface area contributed by atoms with Gasteiger partial charge >= 0.3 is 6.09 Å². The molecule has 8 heteroatoms. The van der Waals surface area contributed by atoms with Gasteiger partial charge in [0.25, 0.3) is 0 Å². The number of likely N-dealkylation sites (tertiary alicyclic amines) is 1. The van der Waals surface area contributed by atoms with Crippen LogP contribution >= 0.6 is 0 Å². The molecule has 2 fully saturated rings. The topological polar surface area (TPSA) is 83.3 Å². The van der Waals surface area contributed by atoms with Crippen molar-refractivity contribution in [1.82, 2.24) is 25.2 Å². The molecule has 1 aromatic heterocycles. The Bertz CT molecular complexity index is 880. The van der Waals surface area contributed by atoms with E-state index in [2.05, 4.69) is 41.2 Å². The molecule has 5 atom stereocenters. The lowest BCUT2D eigenvalue weighted by Crippen LogP contribution is -2.63. The number of piperidine rings is 1. The van der Waals surface area contributed by atoms with Crippen molar-refractivity contribution in [2.24, 2.45) is 5.41 Å². The quantitative estimate of drug-likeness (QED) is 0.766. The molecule has 31 heavy (non-hydrogen) atoms. The first-order valence-electron chi connectivity index (χ1n) is 11.1. The molecule has 0 bridgehead atoms. The van der Waals surface area contributed by atoms with Crippen LogP contribution in [0.1, 0.15) is 64.0 Å². The van der Waals surface area contributed by atoms with Gasteiger partial charge in [-0.2, -0.15) is 15.0 Å². The van der Waals surface area contributed by atoms with Gasteiger partial charge in [0.2, 0.25) is 0 Å². The molecule has 0 radical (unpaired) electrons. The summed E-state index contributed by atoms with van der Waals surface area (Å²) in [6.45, 7) is 7.46. The fourth-order valence-electron chi connectivity index (χ4n) is 5.81. The monoisotopic (exact) mass is 429 g/mol. The maximum atomic E-state index is 13.5. The van der Waals surface area contributed by atoms with Crippen LogP contribution < -0.4 is 5.32 Å². The third kappa shape index (κ3) is 4.59. The van der Waals surface area contributed by atoms with E-state index >= 15 is 0 Å². The van der Waals surface area contributed by atoms with Gasteiger partial charge in [-0.25, -0.2) is 9.18 Å². The smallest absolute Gasteiger partial charge is 0.404 e. The molecule has 1 aromatic carbocycles. The van der Waals surface area contributed by atoms with Crippen LogP contribution in [0.3, 0.4) is 0 Å². The summed E-state index contributed by atoms with van der Waals surface area (Å²) in [5.41, 5.74) is 1.02. The average Bonchev–Trinajstić information content (AvgIpc) is 3.37. The number of amides is 1. The molecule has 1 amide bonds. The molecule has 4 unspecified atom stereocenters. The number of rotatable bonds is 4. The number of carbonyl (C=O) groups is 1. The van der Waals surface area contributed by atoms with Gasteiger partial charge in [-0.15, -0.1) is 0 Å². The summed E-state index contributed by atoms with van der Waals surface area (Å²) < 4.78 is 13.5. The molecule has 168 valence electrons. The zero-order valence-electron chi connectivity index (χ0n) is 18.4. The Morgan fingerprint density at radius 2 is 1.77 bits per heavy atom. The van der Waals surface area contributed by atoms with Gasteiger partial charge in [-0.1, -0.05) is 32.9 Å². The van der Waals surface area contributed by atoms with E-state index in [-0.39, 0.29) is 41.3 Å². The summed E-state index contributed by atoms with van der Waals surface area (Å²) in [7, 11) is 0. The molecule has 7 nitrogen and oxygen atoms in total. The highest BCUT2D eigenvalue weighted by atomic mass is 19.1. The Labute approximate surface area is 182 Å². The molecule has 1 aliphatic heterocycles. The van der Waals surface area contributed by atoms with Crippen LogP contribution in [-0.2, 0) is 0 Å². The summed E-state index contributed by atoms with van der Waals surface area (Å²) >= 11 is 0.